The number of hydrogen-bond donors (Lipinski definition) is 1. The monoisotopic (exact) mass is 444 g/mol. The van der Waals surface area contributed by atoms with Gasteiger partial charge < -0.3 is 14.5 Å². The van der Waals surface area contributed by atoms with Crippen molar-refractivity contribution in [3.63, 3.8) is 0 Å². The number of benzene rings is 2. The van der Waals surface area contributed by atoms with Gasteiger partial charge in [0, 0.05) is 25.2 Å². The Balaban J connectivity index is 1.42. The van der Waals surface area contributed by atoms with E-state index in [2.05, 4.69) is 29.6 Å². The van der Waals surface area contributed by atoms with Crippen molar-refractivity contribution in [1.82, 2.24) is 9.97 Å². The maximum absolute atomic E-state index is 12.3. The third-order valence-electron chi connectivity index (χ3n) is 5.20. The van der Waals surface area contributed by atoms with Crippen LogP contribution in [0.2, 0.25) is 25.7 Å². The molecule has 2 aromatic heterocycles. The minimum Gasteiger partial charge on any atom is -0.489 e. The number of esters is 1. The minimum absolute atomic E-state index is 0.320. The fourth-order valence-electron chi connectivity index (χ4n) is 3.29. The molecule has 5 nitrogen and oxygen atoms in total. The Labute approximate surface area is 189 Å². The van der Waals surface area contributed by atoms with Crippen LogP contribution in [0, 0.1) is 0 Å². The average molecular weight is 445 g/mol. The first-order valence-electron chi connectivity index (χ1n) is 10.8. The second-order valence-corrected chi connectivity index (χ2v) is 14.7. The van der Waals surface area contributed by atoms with Crippen LogP contribution in [0.15, 0.2) is 72.9 Å². The van der Waals surface area contributed by atoms with E-state index < -0.39 is 8.07 Å². The van der Waals surface area contributed by atoms with Crippen LogP contribution in [0.3, 0.4) is 0 Å². The number of fused-ring (bicyclic) bond motifs is 1. The molecule has 0 saturated carbocycles. The zero-order valence-electron chi connectivity index (χ0n) is 18.7. The van der Waals surface area contributed by atoms with Gasteiger partial charge >= 0.3 is 5.97 Å². The molecule has 0 aliphatic rings. The predicted molar refractivity (Wildman–Crippen MR) is 131 cm³/mol. The molecule has 6 heteroatoms. The van der Waals surface area contributed by atoms with Crippen molar-refractivity contribution in [2.45, 2.75) is 32.3 Å². The van der Waals surface area contributed by atoms with Gasteiger partial charge in [0.15, 0.2) is 0 Å². The molecule has 2 aromatic carbocycles. The van der Waals surface area contributed by atoms with Gasteiger partial charge in [-0.3, -0.25) is 4.98 Å². The third-order valence-corrected chi connectivity index (χ3v) is 6.91. The molecular formula is C26H28N2O3Si. The second-order valence-electron chi connectivity index (χ2n) is 9.09. The predicted octanol–water partition coefficient (Wildman–Crippen LogP) is 6.30. The molecule has 0 aliphatic heterocycles. The van der Waals surface area contributed by atoms with Gasteiger partial charge in [0.2, 0.25) is 0 Å². The number of aromatic nitrogens is 2. The number of nitrogens with one attached hydrogen (secondary N) is 1. The molecule has 0 atom stereocenters. The normalized spacial score (nSPS) is 11.5. The lowest BCUT2D eigenvalue weighted by atomic mass is 10.2. The number of aromatic amines is 1. The highest BCUT2D eigenvalue weighted by atomic mass is 28.3. The van der Waals surface area contributed by atoms with Crippen molar-refractivity contribution < 1.29 is 14.3 Å². The molecule has 2 heterocycles. The number of H-pyrrole nitrogens is 1. The summed E-state index contributed by atoms with van der Waals surface area (Å²) in [5.41, 5.74) is 4.26. The molecule has 4 rings (SSSR count). The summed E-state index contributed by atoms with van der Waals surface area (Å²) in [6, 6.07) is 22.7. The van der Waals surface area contributed by atoms with Gasteiger partial charge in [0.1, 0.15) is 12.4 Å². The highest BCUT2D eigenvalue weighted by molar-refractivity contribution is 6.76. The first-order chi connectivity index (χ1) is 15.4. The summed E-state index contributed by atoms with van der Waals surface area (Å²) >= 11 is 0. The SMILES string of the molecule is C[Si](C)(C)CCOC(=O)c1ccc(-c2cc3cc(OCc4ccccc4)ccc3[nH]2)nc1. The zero-order valence-corrected chi connectivity index (χ0v) is 19.7. The number of carbonyl (C=O) groups is 1. The highest BCUT2D eigenvalue weighted by Gasteiger charge is 2.15. The number of rotatable bonds is 8. The summed E-state index contributed by atoms with van der Waals surface area (Å²) in [6.07, 6.45) is 1.58. The Hall–Kier alpha value is -3.38. The minimum atomic E-state index is -1.23. The third kappa shape index (κ3) is 5.65. The van der Waals surface area contributed by atoms with Crippen LogP contribution < -0.4 is 4.74 Å². The Morgan fingerprint density at radius 2 is 1.81 bits per heavy atom. The topological polar surface area (TPSA) is 64.2 Å². The Bertz CT molecular complexity index is 1200. The maximum Gasteiger partial charge on any atom is 0.339 e. The standard InChI is InChI=1S/C26H28N2O3Si/c1-32(2,3)14-13-30-26(29)20-9-11-24(27-17-20)25-16-21-15-22(10-12-23(21)28-25)31-18-19-7-5-4-6-8-19/h4-12,15-17,28H,13-14,18H2,1-3H3. The molecule has 0 spiro atoms. The summed E-state index contributed by atoms with van der Waals surface area (Å²) in [7, 11) is -1.23. The summed E-state index contributed by atoms with van der Waals surface area (Å²) in [5, 5.41) is 1.04. The molecule has 164 valence electrons. The first kappa shape index (κ1) is 21.8. The van der Waals surface area contributed by atoms with Crippen molar-refractivity contribution in [1.29, 1.82) is 0 Å². The smallest absolute Gasteiger partial charge is 0.339 e. The van der Waals surface area contributed by atoms with E-state index >= 15 is 0 Å². The Morgan fingerprint density at radius 3 is 2.53 bits per heavy atom. The Morgan fingerprint density at radius 1 is 1.00 bits per heavy atom. The van der Waals surface area contributed by atoms with E-state index in [0.717, 1.165) is 39.6 Å². The molecule has 0 saturated heterocycles. The van der Waals surface area contributed by atoms with E-state index in [4.69, 9.17) is 9.47 Å². The molecule has 4 aromatic rings. The van der Waals surface area contributed by atoms with Gasteiger partial charge in [-0.25, -0.2) is 4.79 Å². The largest absolute Gasteiger partial charge is 0.489 e. The second kappa shape index (κ2) is 9.40. The van der Waals surface area contributed by atoms with Gasteiger partial charge in [-0.05, 0) is 48.0 Å². The van der Waals surface area contributed by atoms with Crippen LogP contribution in [-0.4, -0.2) is 30.6 Å². The van der Waals surface area contributed by atoms with Crippen LogP contribution in [0.25, 0.3) is 22.3 Å². The van der Waals surface area contributed by atoms with E-state index in [-0.39, 0.29) is 5.97 Å². The maximum atomic E-state index is 12.3. The fraction of sp³-hybridized carbons (Fsp3) is 0.231. The van der Waals surface area contributed by atoms with Crippen molar-refractivity contribution in [3.05, 3.63) is 84.1 Å². The van der Waals surface area contributed by atoms with Gasteiger partial charge in [0.05, 0.1) is 23.6 Å². The first-order valence-corrected chi connectivity index (χ1v) is 14.5. The lowest BCUT2D eigenvalue weighted by Crippen LogP contribution is -2.22. The fourth-order valence-corrected chi connectivity index (χ4v) is 4.00. The van der Waals surface area contributed by atoms with Gasteiger partial charge in [-0.1, -0.05) is 50.0 Å². The molecular weight excluding hydrogens is 416 g/mol. The van der Waals surface area contributed by atoms with Crippen LogP contribution in [-0.2, 0) is 11.3 Å². The number of ether oxygens (including phenoxy) is 2. The van der Waals surface area contributed by atoms with E-state index in [0.29, 0.717) is 18.8 Å². The molecule has 32 heavy (non-hydrogen) atoms. The van der Waals surface area contributed by atoms with Crippen LogP contribution in [0.5, 0.6) is 5.75 Å². The molecule has 0 fully saturated rings. The molecule has 0 radical (unpaired) electrons. The summed E-state index contributed by atoms with van der Waals surface area (Å²) in [6.45, 7) is 7.77. The molecule has 0 amide bonds. The van der Waals surface area contributed by atoms with Gasteiger partial charge in [0.25, 0.3) is 0 Å². The summed E-state index contributed by atoms with van der Waals surface area (Å²) in [4.78, 5) is 20.1. The van der Waals surface area contributed by atoms with Crippen LogP contribution >= 0.6 is 0 Å². The number of hydrogen-bond acceptors (Lipinski definition) is 4. The lowest BCUT2D eigenvalue weighted by molar-refractivity contribution is 0.0525. The molecule has 0 unspecified atom stereocenters. The average Bonchev–Trinajstić information content (AvgIpc) is 3.21. The lowest BCUT2D eigenvalue weighted by Gasteiger charge is -2.15. The summed E-state index contributed by atoms with van der Waals surface area (Å²) in [5.74, 6) is 0.496. The van der Waals surface area contributed by atoms with Crippen LogP contribution in [0.1, 0.15) is 15.9 Å². The molecule has 1 N–H and O–H groups in total. The summed E-state index contributed by atoms with van der Waals surface area (Å²) < 4.78 is 11.3. The van der Waals surface area contributed by atoms with Crippen molar-refractivity contribution in [3.8, 4) is 17.1 Å². The van der Waals surface area contributed by atoms with E-state index in [1.54, 1.807) is 12.3 Å². The van der Waals surface area contributed by atoms with Crippen LogP contribution in [0.4, 0.5) is 0 Å². The number of pyridine rings is 1. The zero-order chi connectivity index (χ0) is 22.6. The number of carbonyl (C=O) groups excluding carboxylic acids is 1. The Kier molecular flexibility index (Phi) is 6.42. The van der Waals surface area contributed by atoms with E-state index in [9.17, 15) is 4.79 Å². The van der Waals surface area contributed by atoms with Crippen molar-refractivity contribution in [2.24, 2.45) is 0 Å². The molecule has 0 bridgehead atoms. The van der Waals surface area contributed by atoms with E-state index in [1.807, 2.05) is 60.7 Å². The highest BCUT2D eigenvalue weighted by Crippen LogP contribution is 2.27. The molecule has 0 aliphatic carbocycles. The van der Waals surface area contributed by atoms with Crippen molar-refractivity contribution >= 4 is 24.9 Å². The number of nitrogens with zero attached hydrogens (tertiary/aromatic N) is 1. The van der Waals surface area contributed by atoms with E-state index in [1.165, 1.54) is 0 Å². The quantitative estimate of drug-likeness (QED) is 0.256. The van der Waals surface area contributed by atoms with Gasteiger partial charge in [-0.2, -0.15) is 0 Å². The van der Waals surface area contributed by atoms with Crippen molar-refractivity contribution in [2.75, 3.05) is 6.61 Å². The van der Waals surface area contributed by atoms with Gasteiger partial charge in [-0.15, -0.1) is 0 Å².